The van der Waals surface area contributed by atoms with E-state index in [1.165, 1.54) is 160 Å². The van der Waals surface area contributed by atoms with Crippen LogP contribution in [0.2, 0.25) is 0 Å². The summed E-state index contributed by atoms with van der Waals surface area (Å²) in [6.45, 7) is 4.51. The minimum Gasteiger partial charge on any atom is -0.435 e. The normalized spacial score (nSPS) is 12.6. The first-order valence-electron chi connectivity index (χ1n) is 20.0. The van der Waals surface area contributed by atoms with Gasteiger partial charge in [-0.2, -0.15) is 8.42 Å². The average molecular weight is 699 g/mol. The molecule has 0 rings (SSSR count). The summed E-state index contributed by atoms with van der Waals surface area (Å²) in [5, 5.41) is -2.02. The highest BCUT2D eigenvalue weighted by Gasteiger charge is 2.35. The fraction of sp³-hybridized carbons (Fsp3) is 0.850. The van der Waals surface area contributed by atoms with Crippen LogP contribution in [0.1, 0.15) is 213 Å². The third kappa shape index (κ3) is 32.9. The molecule has 0 amide bonds. The van der Waals surface area contributed by atoms with Crippen LogP contribution in [0.15, 0.2) is 24.7 Å². The van der Waals surface area contributed by atoms with Crippen LogP contribution >= 0.6 is 0 Å². The van der Waals surface area contributed by atoms with Crippen molar-refractivity contribution in [2.75, 3.05) is 0 Å². The summed E-state index contributed by atoms with van der Waals surface area (Å²) in [4.78, 5) is 24.4. The second kappa shape index (κ2) is 35.2. The molecule has 0 bridgehead atoms. The van der Waals surface area contributed by atoms with E-state index in [0.717, 1.165) is 38.4 Å². The van der Waals surface area contributed by atoms with E-state index in [9.17, 15) is 22.6 Å². The molecule has 0 aromatic heterocycles. The Morgan fingerprint density at radius 1 is 0.500 bits per heavy atom. The van der Waals surface area contributed by atoms with Crippen LogP contribution < -0.4 is 0 Å². The van der Waals surface area contributed by atoms with Crippen LogP contribution in [-0.2, 0) is 29.2 Å². The summed E-state index contributed by atoms with van der Waals surface area (Å²) < 4.78 is 42.8. The van der Waals surface area contributed by atoms with E-state index in [-0.39, 0.29) is 0 Å². The van der Waals surface area contributed by atoms with Gasteiger partial charge in [-0.3, -0.25) is 14.1 Å². The van der Waals surface area contributed by atoms with Crippen molar-refractivity contribution in [3.63, 3.8) is 0 Å². The van der Waals surface area contributed by atoms with E-state index in [2.05, 4.69) is 13.8 Å². The summed E-state index contributed by atoms with van der Waals surface area (Å²) in [6.07, 6.45) is 42.3. The van der Waals surface area contributed by atoms with Gasteiger partial charge in [0.05, 0.1) is 18.9 Å². The van der Waals surface area contributed by atoms with Gasteiger partial charge in [0, 0.05) is 0 Å². The lowest BCUT2D eigenvalue weighted by atomic mass is 10.0. The van der Waals surface area contributed by atoms with Crippen molar-refractivity contribution in [1.82, 2.24) is 0 Å². The molecular formula is C40H74O7S. The van der Waals surface area contributed by atoms with E-state index in [1.807, 2.05) is 0 Å². The van der Waals surface area contributed by atoms with Crippen molar-refractivity contribution in [2.24, 2.45) is 0 Å². The van der Waals surface area contributed by atoms with Crippen LogP contribution in [0.3, 0.4) is 0 Å². The lowest BCUT2D eigenvalue weighted by molar-refractivity contribution is -0.144. The molecule has 0 aliphatic heterocycles. The molecule has 0 saturated heterocycles. The number of allylic oxidation sites excluding steroid dienone is 2. The van der Waals surface area contributed by atoms with E-state index in [0.29, 0.717) is 6.42 Å². The number of esters is 2. The van der Waals surface area contributed by atoms with Crippen LogP contribution in [0, 0.1) is 0 Å². The first kappa shape index (κ1) is 46.3. The van der Waals surface area contributed by atoms with Gasteiger partial charge < -0.3 is 9.47 Å². The number of rotatable bonds is 36. The van der Waals surface area contributed by atoms with Gasteiger partial charge in [0.2, 0.25) is 0 Å². The minimum absolute atomic E-state index is 0.702. The molecule has 0 aromatic rings. The van der Waals surface area contributed by atoms with Crippen molar-refractivity contribution in [3.8, 4) is 0 Å². The first-order chi connectivity index (χ1) is 23.3. The van der Waals surface area contributed by atoms with Crippen molar-refractivity contribution >= 4 is 22.1 Å². The van der Waals surface area contributed by atoms with Crippen LogP contribution in [-0.4, -0.2) is 30.2 Å². The number of unbranched alkanes of at least 4 members (excludes halogenated alkanes) is 28. The molecule has 0 fully saturated rings. The maximum absolute atomic E-state index is 12.3. The Balaban J connectivity index is 3.86. The Hall–Kier alpha value is -1.67. The SMILES string of the molecule is CCCCCCCCCCCCCCCCC=COC(=O)CC(C(=O)OC=CCCCCCCCCCCCCCCCC)S(=O)(=O)O. The van der Waals surface area contributed by atoms with E-state index >= 15 is 0 Å². The average Bonchev–Trinajstić information content (AvgIpc) is 3.05. The molecule has 1 N–H and O–H groups in total. The van der Waals surface area contributed by atoms with Crippen molar-refractivity contribution in [1.29, 1.82) is 0 Å². The smallest absolute Gasteiger partial charge is 0.332 e. The lowest BCUT2D eigenvalue weighted by Gasteiger charge is -2.10. The highest BCUT2D eigenvalue weighted by molar-refractivity contribution is 7.87. The predicted molar refractivity (Wildman–Crippen MR) is 200 cm³/mol. The second-order valence-corrected chi connectivity index (χ2v) is 15.2. The molecule has 48 heavy (non-hydrogen) atoms. The van der Waals surface area contributed by atoms with Gasteiger partial charge in [0.25, 0.3) is 10.1 Å². The molecule has 1 atom stereocenters. The summed E-state index contributed by atoms with van der Waals surface area (Å²) in [5.41, 5.74) is 0. The monoisotopic (exact) mass is 699 g/mol. The van der Waals surface area contributed by atoms with Gasteiger partial charge in [0.1, 0.15) is 0 Å². The van der Waals surface area contributed by atoms with Gasteiger partial charge >= 0.3 is 11.9 Å². The molecule has 0 aromatic carbocycles. The standard InChI is InChI=1S/C40H74O7S/c1-3-5-7-9-11-13-15-17-19-21-23-25-27-29-31-33-35-46-39(41)37-38(48(43,44)45)40(42)47-36-34-32-30-28-26-24-22-20-18-16-14-12-10-8-6-4-2/h33-36,38H,3-32,37H2,1-2H3,(H,43,44,45). The van der Waals surface area contributed by atoms with Gasteiger partial charge in [-0.05, 0) is 37.8 Å². The van der Waals surface area contributed by atoms with Crippen molar-refractivity contribution in [3.05, 3.63) is 24.7 Å². The van der Waals surface area contributed by atoms with Crippen LogP contribution in [0.4, 0.5) is 0 Å². The van der Waals surface area contributed by atoms with Gasteiger partial charge in [-0.25, -0.2) is 0 Å². The molecule has 0 aliphatic rings. The number of hydrogen-bond acceptors (Lipinski definition) is 6. The van der Waals surface area contributed by atoms with E-state index in [4.69, 9.17) is 9.47 Å². The topological polar surface area (TPSA) is 107 Å². The Morgan fingerprint density at radius 3 is 1.10 bits per heavy atom. The zero-order chi connectivity index (χ0) is 35.4. The maximum Gasteiger partial charge on any atom is 0.332 e. The first-order valence-corrected chi connectivity index (χ1v) is 21.5. The van der Waals surface area contributed by atoms with Crippen LogP contribution in [0.25, 0.3) is 0 Å². The highest BCUT2D eigenvalue weighted by Crippen LogP contribution is 2.15. The highest BCUT2D eigenvalue weighted by atomic mass is 32.2. The molecule has 1 unspecified atom stereocenters. The number of carbonyl (C=O) groups excluding carboxylic acids is 2. The summed E-state index contributed by atoms with van der Waals surface area (Å²) in [7, 11) is -4.83. The van der Waals surface area contributed by atoms with E-state index in [1.54, 1.807) is 12.2 Å². The zero-order valence-electron chi connectivity index (χ0n) is 31.1. The molecule has 8 heteroatoms. The van der Waals surface area contributed by atoms with Crippen molar-refractivity contribution < 1.29 is 32.0 Å². The quantitative estimate of drug-likeness (QED) is 0.0300. The van der Waals surface area contributed by atoms with Gasteiger partial charge in [-0.1, -0.05) is 181 Å². The van der Waals surface area contributed by atoms with Gasteiger partial charge in [-0.15, -0.1) is 0 Å². The Bertz CT molecular complexity index is 897. The number of ether oxygens (including phenoxy) is 2. The fourth-order valence-corrected chi connectivity index (χ4v) is 6.52. The summed E-state index contributed by atoms with van der Waals surface area (Å²) >= 11 is 0. The molecule has 0 spiro atoms. The molecular weight excluding hydrogens is 625 g/mol. The zero-order valence-corrected chi connectivity index (χ0v) is 31.9. The second-order valence-electron chi connectivity index (χ2n) is 13.6. The summed E-state index contributed by atoms with van der Waals surface area (Å²) in [5.74, 6) is -2.11. The number of carbonyl (C=O) groups is 2. The molecule has 282 valence electrons. The molecule has 0 radical (unpaired) electrons. The Morgan fingerprint density at radius 2 is 0.792 bits per heavy atom. The molecule has 7 nitrogen and oxygen atoms in total. The van der Waals surface area contributed by atoms with Gasteiger partial charge in [0.15, 0.2) is 5.25 Å². The lowest BCUT2D eigenvalue weighted by Crippen LogP contribution is -2.33. The largest absolute Gasteiger partial charge is 0.435 e. The fourth-order valence-electron chi connectivity index (χ4n) is 5.87. The molecule has 0 heterocycles. The van der Waals surface area contributed by atoms with Crippen LogP contribution in [0.5, 0.6) is 0 Å². The maximum atomic E-state index is 12.3. The summed E-state index contributed by atoms with van der Waals surface area (Å²) in [6, 6.07) is 0. The third-order valence-electron chi connectivity index (χ3n) is 9.00. The molecule has 0 aliphatic carbocycles. The Labute approximate surface area is 296 Å². The Kier molecular flexibility index (Phi) is 33.9. The number of hydrogen-bond donors (Lipinski definition) is 1. The predicted octanol–water partition coefficient (Wildman–Crippen LogP) is 12.5. The molecule has 0 saturated carbocycles. The van der Waals surface area contributed by atoms with Crippen molar-refractivity contribution in [2.45, 2.75) is 218 Å². The van der Waals surface area contributed by atoms with E-state index < -0.39 is 33.7 Å². The third-order valence-corrected chi connectivity index (χ3v) is 10.1. The minimum atomic E-state index is -4.83.